The third-order valence-corrected chi connectivity index (χ3v) is 4.02. The summed E-state index contributed by atoms with van der Waals surface area (Å²) < 4.78 is 0. The van der Waals surface area contributed by atoms with Crippen molar-refractivity contribution in [3.05, 3.63) is 100 Å². The average molecular weight is 370 g/mol. The fourth-order valence-corrected chi connectivity index (χ4v) is 2.61. The first-order valence-corrected chi connectivity index (χ1v) is 8.56. The van der Waals surface area contributed by atoms with Gasteiger partial charge in [0, 0.05) is 17.2 Å². The average Bonchev–Trinajstić information content (AvgIpc) is 2.73. The van der Waals surface area contributed by atoms with Gasteiger partial charge in [-0.15, -0.1) is 0 Å². The van der Waals surface area contributed by atoms with Gasteiger partial charge in [0.1, 0.15) is 0 Å². The molecule has 0 aliphatic carbocycles. The summed E-state index contributed by atoms with van der Waals surface area (Å²) >= 11 is 0. The van der Waals surface area contributed by atoms with E-state index in [0.717, 1.165) is 16.8 Å². The molecule has 3 aromatic carbocycles. The second-order valence-electron chi connectivity index (χ2n) is 5.92. The zero-order chi connectivity index (χ0) is 19.8. The summed E-state index contributed by atoms with van der Waals surface area (Å²) in [6, 6.07) is 23.8. The highest BCUT2D eigenvalue weighted by molar-refractivity contribution is 5.88. The minimum Gasteiger partial charge on any atom is -0.595 e. The van der Waals surface area contributed by atoms with Crippen LogP contribution in [0.15, 0.2) is 77.9 Å². The van der Waals surface area contributed by atoms with E-state index >= 15 is 0 Å². The molecule has 1 unspecified atom stereocenters. The van der Waals surface area contributed by atoms with Gasteiger partial charge in [0.25, 0.3) is 0 Å². The molecule has 0 fully saturated rings. The number of benzene rings is 3. The van der Waals surface area contributed by atoms with E-state index in [9.17, 15) is 10.4 Å². The molecule has 0 spiro atoms. The van der Waals surface area contributed by atoms with E-state index in [1.54, 1.807) is 24.4 Å². The van der Waals surface area contributed by atoms with Gasteiger partial charge in [0.15, 0.2) is 5.69 Å². The van der Waals surface area contributed by atoms with Crippen LogP contribution >= 0.6 is 0 Å². The molecule has 0 aliphatic rings. The molecule has 3 N–H and O–H groups in total. The molecule has 138 valence electrons. The quantitative estimate of drug-likeness (QED) is 0.351. The lowest BCUT2D eigenvalue weighted by molar-refractivity contribution is -0.991. The van der Waals surface area contributed by atoms with Crippen LogP contribution in [0.1, 0.15) is 22.3 Å². The van der Waals surface area contributed by atoms with E-state index in [2.05, 4.69) is 10.5 Å². The molecular weight excluding hydrogens is 352 g/mol. The standard InChI is InChI=1S/C22H18N4O2/c23-15-17-10-11-19(22(14-17)26(27)28)13-12-18-6-4-5-7-20(18)16-24-25-21-8-2-1-3-9-21/h1-14,16,25-27H. The number of rotatable bonds is 6. The molecule has 0 bridgehead atoms. The number of nitriles is 1. The van der Waals surface area contributed by atoms with Crippen molar-refractivity contribution in [3.8, 4) is 6.07 Å². The van der Waals surface area contributed by atoms with E-state index in [1.165, 1.54) is 6.07 Å². The Kier molecular flexibility index (Phi) is 6.29. The van der Waals surface area contributed by atoms with Crippen LogP contribution in [-0.2, 0) is 0 Å². The first-order chi connectivity index (χ1) is 13.7. The van der Waals surface area contributed by atoms with E-state index in [1.807, 2.05) is 66.7 Å². The van der Waals surface area contributed by atoms with Crippen LogP contribution in [0, 0.1) is 16.5 Å². The highest BCUT2D eigenvalue weighted by atomic mass is 16.8. The highest BCUT2D eigenvalue weighted by Gasteiger charge is 2.08. The van der Waals surface area contributed by atoms with Gasteiger partial charge in [-0.3, -0.25) is 5.43 Å². The van der Waals surface area contributed by atoms with E-state index in [0.29, 0.717) is 11.1 Å². The predicted molar refractivity (Wildman–Crippen MR) is 110 cm³/mol. The van der Waals surface area contributed by atoms with E-state index in [4.69, 9.17) is 5.26 Å². The van der Waals surface area contributed by atoms with Gasteiger partial charge < -0.3 is 5.21 Å². The molecule has 0 radical (unpaired) electrons. The number of anilines is 1. The number of para-hydroxylation sites is 1. The molecular formula is C22H18N4O2. The molecule has 6 nitrogen and oxygen atoms in total. The lowest BCUT2D eigenvalue weighted by atomic mass is 10.0. The summed E-state index contributed by atoms with van der Waals surface area (Å²) in [4.78, 5) is 0. The fraction of sp³-hybridized carbons (Fsp3) is 0. The summed E-state index contributed by atoms with van der Waals surface area (Å²) in [6.07, 6.45) is 5.27. The minimum atomic E-state index is -1.07. The maximum atomic E-state index is 11.5. The first kappa shape index (κ1) is 19.0. The molecule has 28 heavy (non-hydrogen) atoms. The fourth-order valence-electron chi connectivity index (χ4n) is 2.61. The third kappa shape index (κ3) is 4.90. The highest BCUT2D eigenvalue weighted by Crippen LogP contribution is 2.18. The second-order valence-corrected chi connectivity index (χ2v) is 5.92. The van der Waals surface area contributed by atoms with Crippen LogP contribution < -0.4 is 10.7 Å². The van der Waals surface area contributed by atoms with E-state index in [-0.39, 0.29) is 5.69 Å². The Morgan fingerprint density at radius 1 is 0.929 bits per heavy atom. The van der Waals surface area contributed by atoms with Crippen molar-refractivity contribution >= 4 is 29.7 Å². The van der Waals surface area contributed by atoms with Crippen molar-refractivity contribution in [1.29, 1.82) is 5.26 Å². The summed E-state index contributed by atoms with van der Waals surface area (Å²) in [7, 11) is 0. The Morgan fingerprint density at radius 2 is 1.61 bits per heavy atom. The van der Waals surface area contributed by atoms with Gasteiger partial charge in [-0.2, -0.15) is 15.6 Å². The lowest BCUT2D eigenvalue weighted by Crippen LogP contribution is -2.99. The van der Waals surface area contributed by atoms with E-state index < -0.39 is 5.23 Å². The van der Waals surface area contributed by atoms with Gasteiger partial charge in [-0.1, -0.05) is 48.5 Å². The molecule has 6 heteroatoms. The minimum absolute atomic E-state index is 0.0900. The van der Waals surface area contributed by atoms with Gasteiger partial charge in [0.2, 0.25) is 0 Å². The molecule has 3 rings (SSSR count). The molecule has 0 saturated carbocycles. The molecule has 0 amide bonds. The molecule has 0 aliphatic heterocycles. The molecule has 0 saturated heterocycles. The maximum absolute atomic E-state index is 11.5. The molecule has 3 aromatic rings. The summed E-state index contributed by atoms with van der Waals surface area (Å²) in [5, 5.41) is 33.0. The summed E-state index contributed by atoms with van der Waals surface area (Å²) in [6.45, 7) is 0. The van der Waals surface area contributed by atoms with Crippen LogP contribution in [0.3, 0.4) is 0 Å². The smallest absolute Gasteiger partial charge is 0.172 e. The number of hydrazone groups is 1. The Hall–Kier alpha value is -3.76. The van der Waals surface area contributed by atoms with Gasteiger partial charge in [-0.05, 0) is 35.9 Å². The van der Waals surface area contributed by atoms with Crippen molar-refractivity contribution in [1.82, 2.24) is 0 Å². The Bertz CT molecular complexity index is 1040. The van der Waals surface area contributed by atoms with Crippen LogP contribution in [0.2, 0.25) is 0 Å². The van der Waals surface area contributed by atoms with Crippen molar-refractivity contribution in [2.24, 2.45) is 5.10 Å². The molecule has 0 aromatic heterocycles. The van der Waals surface area contributed by atoms with Gasteiger partial charge in [-0.25, -0.2) is 5.21 Å². The lowest BCUT2D eigenvalue weighted by Gasteiger charge is -2.14. The summed E-state index contributed by atoms with van der Waals surface area (Å²) in [5.74, 6) is 0. The van der Waals surface area contributed by atoms with Crippen LogP contribution in [0.4, 0.5) is 11.4 Å². The number of nitrogens with zero attached hydrogens (tertiary/aromatic N) is 2. The topological polar surface area (TPSA) is 95.9 Å². The zero-order valence-electron chi connectivity index (χ0n) is 14.9. The molecule has 0 heterocycles. The van der Waals surface area contributed by atoms with Gasteiger partial charge in [0.05, 0.1) is 23.5 Å². The second kappa shape index (κ2) is 9.26. The predicted octanol–water partition coefficient (Wildman–Crippen LogP) is 3.58. The maximum Gasteiger partial charge on any atom is 0.172 e. The largest absolute Gasteiger partial charge is 0.595 e. The normalized spacial score (nSPS) is 12.2. The zero-order valence-corrected chi connectivity index (χ0v) is 14.9. The SMILES string of the molecule is N#Cc1ccc(C=Cc2ccccc2C=NNc2ccccc2)c([NH+]([O-])O)c1. The Labute approximate surface area is 162 Å². The van der Waals surface area contributed by atoms with Crippen LogP contribution in [0.25, 0.3) is 12.2 Å². The van der Waals surface area contributed by atoms with Crippen molar-refractivity contribution in [2.75, 3.05) is 5.43 Å². The third-order valence-electron chi connectivity index (χ3n) is 4.02. The molecule has 1 atom stereocenters. The summed E-state index contributed by atoms with van der Waals surface area (Å²) in [5.41, 5.74) is 6.56. The Morgan fingerprint density at radius 3 is 2.32 bits per heavy atom. The number of hydrogen-bond donors (Lipinski definition) is 3. The number of hydrogen-bond acceptors (Lipinski definition) is 5. The van der Waals surface area contributed by atoms with Crippen molar-refractivity contribution in [3.63, 3.8) is 0 Å². The van der Waals surface area contributed by atoms with Crippen molar-refractivity contribution < 1.29 is 10.4 Å². The van der Waals surface area contributed by atoms with Gasteiger partial charge >= 0.3 is 0 Å². The van der Waals surface area contributed by atoms with Crippen molar-refractivity contribution in [2.45, 2.75) is 0 Å². The van der Waals surface area contributed by atoms with Crippen LogP contribution in [-0.4, -0.2) is 11.4 Å². The number of nitrogens with one attached hydrogen (secondary N) is 2. The number of quaternary nitrogens is 1. The first-order valence-electron chi connectivity index (χ1n) is 8.56. The van der Waals surface area contributed by atoms with Crippen LogP contribution in [0.5, 0.6) is 0 Å². The monoisotopic (exact) mass is 370 g/mol. The Balaban J connectivity index is 1.83.